The number of piperidine rings is 1. The summed E-state index contributed by atoms with van der Waals surface area (Å²) in [6.45, 7) is 0.895. The Labute approximate surface area is 179 Å². The molecule has 1 N–H and O–H groups in total. The largest absolute Gasteiger partial charge is 0.353 e. The first-order valence-corrected chi connectivity index (χ1v) is 12.4. The second kappa shape index (κ2) is 9.31. The first kappa shape index (κ1) is 21.1. The zero-order valence-electron chi connectivity index (χ0n) is 17.3. The van der Waals surface area contributed by atoms with Crippen molar-refractivity contribution in [3.05, 3.63) is 65.2 Å². The van der Waals surface area contributed by atoms with E-state index < -0.39 is 10.0 Å². The number of nitrogens with one attached hydrogen (secondary N) is 1. The van der Waals surface area contributed by atoms with Crippen molar-refractivity contribution in [3.8, 4) is 0 Å². The minimum absolute atomic E-state index is 0.0369. The normalized spacial score (nSPS) is 18.0. The highest BCUT2D eigenvalue weighted by Crippen LogP contribution is 2.27. The van der Waals surface area contributed by atoms with Gasteiger partial charge in [0.2, 0.25) is 15.9 Å². The van der Waals surface area contributed by atoms with E-state index in [0.29, 0.717) is 37.2 Å². The van der Waals surface area contributed by atoms with Crippen molar-refractivity contribution in [1.82, 2.24) is 9.62 Å². The van der Waals surface area contributed by atoms with E-state index >= 15 is 0 Å². The maximum absolute atomic E-state index is 13.1. The van der Waals surface area contributed by atoms with E-state index in [1.165, 1.54) is 17.5 Å². The standard InChI is InChI=1S/C24H30N2O3S/c27-24(13-10-19-6-2-1-3-7-19)25-22-14-16-26(17-15-22)30(28,29)23-12-11-20-8-4-5-9-21(20)18-23/h1-3,6-7,11-12,18,22H,4-5,8-10,13-17H2,(H,25,27). The van der Waals surface area contributed by atoms with Crippen LogP contribution in [0.15, 0.2) is 53.4 Å². The number of carbonyl (C=O) groups excluding carboxylic acids is 1. The van der Waals surface area contributed by atoms with Crippen LogP contribution in [0.25, 0.3) is 0 Å². The predicted octanol–water partition coefficient (Wildman–Crippen LogP) is 3.47. The van der Waals surface area contributed by atoms with Gasteiger partial charge in [-0.25, -0.2) is 8.42 Å². The Morgan fingerprint density at radius 2 is 1.67 bits per heavy atom. The summed E-state index contributed by atoms with van der Waals surface area (Å²) in [5, 5.41) is 3.08. The number of sulfonamides is 1. The Hall–Kier alpha value is -2.18. The number of carbonyl (C=O) groups is 1. The fourth-order valence-corrected chi connectivity index (χ4v) is 5.98. The molecule has 1 saturated heterocycles. The average Bonchev–Trinajstić information content (AvgIpc) is 2.78. The van der Waals surface area contributed by atoms with Gasteiger partial charge in [0.25, 0.3) is 0 Å². The van der Waals surface area contributed by atoms with Crippen molar-refractivity contribution in [3.63, 3.8) is 0 Å². The molecule has 6 heteroatoms. The maximum atomic E-state index is 13.1. The second-order valence-corrected chi connectivity index (χ2v) is 10.3. The van der Waals surface area contributed by atoms with Gasteiger partial charge in [0, 0.05) is 25.6 Å². The van der Waals surface area contributed by atoms with E-state index in [2.05, 4.69) is 5.32 Å². The number of hydrogen-bond donors (Lipinski definition) is 1. The molecule has 0 unspecified atom stereocenters. The molecule has 0 spiro atoms. The summed E-state index contributed by atoms with van der Waals surface area (Å²) in [5.74, 6) is 0.0369. The molecule has 0 atom stereocenters. The third kappa shape index (κ3) is 4.93. The number of aryl methyl sites for hydroxylation is 3. The lowest BCUT2D eigenvalue weighted by Gasteiger charge is -2.32. The van der Waals surface area contributed by atoms with Gasteiger partial charge in [0.1, 0.15) is 0 Å². The van der Waals surface area contributed by atoms with Crippen molar-refractivity contribution in [2.75, 3.05) is 13.1 Å². The molecule has 1 heterocycles. The molecule has 5 nitrogen and oxygen atoms in total. The first-order valence-electron chi connectivity index (χ1n) is 11.0. The third-order valence-electron chi connectivity index (χ3n) is 6.26. The van der Waals surface area contributed by atoms with E-state index in [0.717, 1.165) is 31.2 Å². The molecule has 0 radical (unpaired) electrons. The van der Waals surface area contributed by atoms with Gasteiger partial charge < -0.3 is 5.32 Å². The van der Waals surface area contributed by atoms with Crippen molar-refractivity contribution in [1.29, 1.82) is 0 Å². The molecule has 1 fully saturated rings. The molecule has 2 aromatic rings. The quantitative estimate of drug-likeness (QED) is 0.769. The van der Waals surface area contributed by atoms with Crippen LogP contribution in [0.4, 0.5) is 0 Å². The average molecular weight is 427 g/mol. The Kier molecular flexibility index (Phi) is 6.54. The molecule has 30 heavy (non-hydrogen) atoms. The highest BCUT2D eigenvalue weighted by atomic mass is 32.2. The lowest BCUT2D eigenvalue weighted by atomic mass is 9.92. The number of hydrogen-bond acceptors (Lipinski definition) is 3. The van der Waals surface area contributed by atoms with E-state index in [1.54, 1.807) is 10.4 Å². The lowest BCUT2D eigenvalue weighted by Crippen LogP contribution is -2.46. The van der Waals surface area contributed by atoms with Crippen LogP contribution < -0.4 is 5.32 Å². The van der Waals surface area contributed by atoms with E-state index in [9.17, 15) is 13.2 Å². The zero-order valence-corrected chi connectivity index (χ0v) is 18.2. The molecule has 0 bridgehead atoms. The van der Waals surface area contributed by atoms with E-state index in [1.807, 2.05) is 42.5 Å². The molecule has 4 rings (SSSR count). The van der Waals surface area contributed by atoms with Crippen LogP contribution in [0.3, 0.4) is 0 Å². The van der Waals surface area contributed by atoms with Crippen LogP contribution in [-0.2, 0) is 34.1 Å². The Balaban J connectivity index is 1.30. The smallest absolute Gasteiger partial charge is 0.243 e. The SMILES string of the molecule is O=C(CCc1ccccc1)NC1CCN(S(=O)(=O)c2ccc3c(c2)CCCC3)CC1. The lowest BCUT2D eigenvalue weighted by molar-refractivity contribution is -0.122. The zero-order chi connectivity index (χ0) is 21.0. The topological polar surface area (TPSA) is 66.5 Å². The summed E-state index contributed by atoms with van der Waals surface area (Å²) in [7, 11) is -3.47. The summed E-state index contributed by atoms with van der Waals surface area (Å²) in [6, 6.07) is 15.6. The molecule has 2 aromatic carbocycles. The summed E-state index contributed by atoms with van der Waals surface area (Å²) in [6.07, 6.45) is 6.81. The molecule has 2 aliphatic rings. The highest BCUT2D eigenvalue weighted by molar-refractivity contribution is 7.89. The van der Waals surface area contributed by atoms with Gasteiger partial charge in [-0.1, -0.05) is 36.4 Å². The number of benzene rings is 2. The van der Waals surface area contributed by atoms with Gasteiger partial charge in [-0.3, -0.25) is 4.79 Å². The third-order valence-corrected chi connectivity index (χ3v) is 8.15. The van der Waals surface area contributed by atoms with Gasteiger partial charge in [0.15, 0.2) is 0 Å². The first-order chi connectivity index (χ1) is 14.5. The van der Waals surface area contributed by atoms with Crippen LogP contribution in [0.5, 0.6) is 0 Å². The second-order valence-electron chi connectivity index (χ2n) is 8.37. The minimum atomic E-state index is -3.47. The molecule has 1 amide bonds. The number of amides is 1. The molecular weight excluding hydrogens is 396 g/mol. The number of fused-ring (bicyclic) bond motifs is 1. The van der Waals surface area contributed by atoms with Crippen LogP contribution in [0.1, 0.15) is 48.8 Å². The maximum Gasteiger partial charge on any atom is 0.243 e. The molecule has 1 aliphatic carbocycles. The Morgan fingerprint density at radius 1 is 0.967 bits per heavy atom. The van der Waals surface area contributed by atoms with E-state index in [4.69, 9.17) is 0 Å². The van der Waals surface area contributed by atoms with Gasteiger partial charge in [-0.2, -0.15) is 4.31 Å². The Bertz CT molecular complexity index is 981. The van der Waals surface area contributed by atoms with Crippen molar-refractivity contribution in [2.24, 2.45) is 0 Å². The fourth-order valence-electron chi connectivity index (χ4n) is 4.46. The van der Waals surface area contributed by atoms with Crippen LogP contribution in [0.2, 0.25) is 0 Å². The number of rotatable bonds is 6. The highest BCUT2D eigenvalue weighted by Gasteiger charge is 2.30. The van der Waals surface area contributed by atoms with Crippen molar-refractivity contribution >= 4 is 15.9 Å². The van der Waals surface area contributed by atoms with Crippen LogP contribution in [-0.4, -0.2) is 37.8 Å². The van der Waals surface area contributed by atoms with Crippen molar-refractivity contribution < 1.29 is 13.2 Å². The fraction of sp³-hybridized carbons (Fsp3) is 0.458. The number of nitrogens with zero attached hydrogens (tertiary/aromatic N) is 1. The monoisotopic (exact) mass is 426 g/mol. The summed E-state index contributed by atoms with van der Waals surface area (Å²) >= 11 is 0. The summed E-state index contributed by atoms with van der Waals surface area (Å²) in [5.41, 5.74) is 3.62. The predicted molar refractivity (Wildman–Crippen MR) is 118 cm³/mol. The summed E-state index contributed by atoms with van der Waals surface area (Å²) in [4.78, 5) is 12.7. The van der Waals surface area contributed by atoms with Gasteiger partial charge in [-0.15, -0.1) is 0 Å². The summed E-state index contributed by atoms with van der Waals surface area (Å²) < 4.78 is 27.8. The molecule has 0 saturated carbocycles. The van der Waals surface area contributed by atoms with Crippen molar-refractivity contribution in [2.45, 2.75) is 62.3 Å². The van der Waals surface area contributed by atoms with Crippen LogP contribution in [0, 0.1) is 0 Å². The molecule has 0 aromatic heterocycles. The van der Waals surface area contributed by atoms with Gasteiger partial charge in [-0.05, 0) is 73.8 Å². The minimum Gasteiger partial charge on any atom is -0.353 e. The van der Waals surface area contributed by atoms with Crippen LogP contribution >= 0.6 is 0 Å². The molecule has 1 aliphatic heterocycles. The Morgan fingerprint density at radius 3 is 2.40 bits per heavy atom. The molecular formula is C24H30N2O3S. The van der Waals surface area contributed by atoms with E-state index in [-0.39, 0.29) is 11.9 Å². The molecule has 160 valence electrons. The van der Waals surface area contributed by atoms with Gasteiger partial charge in [0.05, 0.1) is 4.90 Å². The van der Waals surface area contributed by atoms with Gasteiger partial charge >= 0.3 is 0 Å².